The Kier molecular flexibility index (Phi) is 5.11. The molecule has 0 aromatic carbocycles. The monoisotopic (exact) mass is 317 g/mol. The van der Waals surface area contributed by atoms with Crippen molar-refractivity contribution in [1.82, 2.24) is 24.8 Å². The first-order valence-corrected chi connectivity index (χ1v) is 8.16. The number of aromatic nitrogens is 3. The van der Waals surface area contributed by atoms with Crippen molar-refractivity contribution < 1.29 is 13.2 Å². The largest absolute Gasteiger partial charge is 0.358 e. The van der Waals surface area contributed by atoms with Gasteiger partial charge in [-0.3, -0.25) is 9.89 Å². The Morgan fingerprint density at radius 1 is 1.43 bits per heavy atom. The maximum absolute atomic E-state index is 12.6. The molecule has 1 atom stereocenters. The molecule has 120 valence electrons. The lowest BCUT2D eigenvalue weighted by Gasteiger charge is -2.24. The smallest absolute Gasteiger partial charge is 0.282 e. The minimum atomic E-state index is -3.93. The number of hydrogen-bond donors (Lipinski definition) is 2. The van der Waals surface area contributed by atoms with E-state index >= 15 is 0 Å². The summed E-state index contributed by atoms with van der Waals surface area (Å²) >= 11 is 0. The molecular weight excluding hydrogens is 294 g/mol. The van der Waals surface area contributed by atoms with Crippen molar-refractivity contribution in [1.29, 1.82) is 0 Å². The highest BCUT2D eigenvalue weighted by atomic mass is 32.2. The molecule has 0 bridgehead atoms. The van der Waals surface area contributed by atoms with Crippen LogP contribution in [0.2, 0.25) is 0 Å². The predicted molar refractivity (Wildman–Crippen MR) is 78.2 cm³/mol. The summed E-state index contributed by atoms with van der Waals surface area (Å²) in [6, 6.07) is -0.832. The number of carbonyl (C=O) groups excluding carboxylic acids is 1. The van der Waals surface area contributed by atoms with Gasteiger partial charge in [-0.25, -0.2) is 13.4 Å². The average molecular weight is 317 g/mol. The number of nitrogens with one attached hydrogen (secondary N) is 2. The van der Waals surface area contributed by atoms with Crippen LogP contribution in [0.3, 0.4) is 0 Å². The molecule has 1 rings (SSSR count). The van der Waals surface area contributed by atoms with Crippen molar-refractivity contribution in [2.75, 3.05) is 13.6 Å². The van der Waals surface area contributed by atoms with E-state index in [1.165, 1.54) is 14.0 Å². The van der Waals surface area contributed by atoms with E-state index in [-0.39, 0.29) is 23.0 Å². The first-order chi connectivity index (χ1) is 9.55. The molecule has 0 radical (unpaired) electrons. The van der Waals surface area contributed by atoms with Crippen molar-refractivity contribution in [2.45, 2.75) is 51.2 Å². The third kappa shape index (κ3) is 3.59. The molecule has 0 fully saturated rings. The van der Waals surface area contributed by atoms with Gasteiger partial charge >= 0.3 is 0 Å². The van der Waals surface area contributed by atoms with Crippen molar-refractivity contribution in [2.24, 2.45) is 0 Å². The molecule has 0 saturated heterocycles. The number of amides is 1. The zero-order chi connectivity index (χ0) is 16.4. The normalized spacial score (nSPS) is 14.2. The van der Waals surface area contributed by atoms with Crippen LogP contribution in [0.25, 0.3) is 0 Å². The molecular formula is C12H23N5O3S. The van der Waals surface area contributed by atoms with Crippen LogP contribution in [0.4, 0.5) is 0 Å². The number of rotatable bonds is 5. The number of aromatic amines is 1. The summed E-state index contributed by atoms with van der Waals surface area (Å²) in [4.78, 5) is 15.8. The van der Waals surface area contributed by atoms with E-state index in [1.807, 2.05) is 20.8 Å². The Bertz CT molecular complexity index is 603. The Morgan fingerprint density at radius 2 is 2.00 bits per heavy atom. The van der Waals surface area contributed by atoms with Crippen molar-refractivity contribution in [3.63, 3.8) is 0 Å². The molecule has 8 nitrogen and oxygen atoms in total. The molecule has 1 aromatic rings. The summed E-state index contributed by atoms with van der Waals surface area (Å²) in [5.74, 6) is 0.0942. The van der Waals surface area contributed by atoms with Crippen LogP contribution in [-0.4, -0.2) is 53.4 Å². The maximum atomic E-state index is 12.6. The number of nitrogens with zero attached hydrogens (tertiary/aromatic N) is 3. The van der Waals surface area contributed by atoms with Gasteiger partial charge in [-0.05, 0) is 6.92 Å². The van der Waals surface area contributed by atoms with Gasteiger partial charge in [0.25, 0.3) is 15.2 Å². The maximum Gasteiger partial charge on any atom is 0.282 e. The van der Waals surface area contributed by atoms with Crippen LogP contribution in [0.15, 0.2) is 5.16 Å². The lowest BCUT2D eigenvalue weighted by Crippen LogP contribution is -2.47. The highest BCUT2D eigenvalue weighted by Crippen LogP contribution is 2.21. The number of sulfonamides is 1. The van der Waals surface area contributed by atoms with Crippen LogP contribution in [0.5, 0.6) is 0 Å². The Balaban J connectivity index is 3.19. The molecule has 1 heterocycles. The van der Waals surface area contributed by atoms with E-state index in [1.54, 1.807) is 6.92 Å². The summed E-state index contributed by atoms with van der Waals surface area (Å²) < 4.78 is 26.2. The van der Waals surface area contributed by atoms with E-state index in [0.717, 1.165) is 4.31 Å². The van der Waals surface area contributed by atoms with E-state index < -0.39 is 16.1 Å². The van der Waals surface area contributed by atoms with Gasteiger partial charge in [-0.15, -0.1) is 5.10 Å². The van der Waals surface area contributed by atoms with Crippen LogP contribution >= 0.6 is 0 Å². The second-order valence-corrected chi connectivity index (χ2v) is 7.50. The summed E-state index contributed by atoms with van der Waals surface area (Å²) in [7, 11) is -2.46. The fourth-order valence-electron chi connectivity index (χ4n) is 1.79. The predicted octanol–water partition coefficient (Wildman–Crippen LogP) is 0.247. The molecule has 0 spiro atoms. The van der Waals surface area contributed by atoms with Crippen LogP contribution in [-0.2, 0) is 20.2 Å². The highest BCUT2D eigenvalue weighted by molar-refractivity contribution is 7.89. The van der Waals surface area contributed by atoms with Gasteiger partial charge in [0.2, 0.25) is 5.91 Å². The van der Waals surface area contributed by atoms with Crippen molar-refractivity contribution in [3.05, 3.63) is 5.82 Å². The van der Waals surface area contributed by atoms with Gasteiger partial charge < -0.3 is 5.32 Å². The molecule has 0 saturated carbocycles. The first kappa shape index (κ1) is 17.6. The summed E-state index contributed by atoms with van der Waals surface area (Å²) in [6.45, 7) is 9.03. The van der Waals surface area contributed by atoms with Crippen molar-refractivity contribution in [3.8, 4) is 0 Å². The van der Waals surface area contributed by atoms with E-state index in [9.17, 15) is 13.2 Å². The second-order valence-electron chi connectivity index (χ2n) is 5.72. The summed E-state index contributed by atoms with van der Waals surface area (Å²) in [5, 5.41) is 8.56. The SMILES string of the molecule is CCN(C(C)C(=O)NC)S(=O)(=O)c1n[nH]c(C(C)(C)C)n1. The minimum absolute atomic E-state index is 0.149. The number of hydrogen-bond acceptors (Lipinski definition) is 5. The quantitative estimate of drug-likeness (QED) is 0.809. The second kappa shape index (κ2) is 6.10. The van der Waals surface area contributed by atoms with Gasteiger partial charge in [0, 0.05) is 19.0 Å². The fraction of sp³-hybridized carbons (Fsp3) is 0.750. The fourth-order valence-corrected chi connectivity index (χ4v) is 3.22. The Morgan fingerprint density at radius 3 is 2.38 bits per heavy atom. The van der Waals surface area contributed by atoms with Crippen molar-refractivity contribution >= 4 is 15.9 Å². The van der Waals surface area contributed by atoms with E-state index in [0.29, 0.717) is 5.82 Å². The lowest BCUT2D eigenvalue weighted by atomic mass is 9.96. The average Bonchev–Trinajstić information content (AvgIpc) is 2.88. The molecule has 1 aromatic heterocycles. The number of likely N-dealkylation sites (N-methyl/N-ethyl adjacent to an activating group) is 2. The number of carbonyl (C=O) groups is 1. The minimum Gasteiger partial charge on any atom is -0.358 e. The summed E-state index contributed by atoms with van der Waals surface area (Å²) in [5.41, 5.74) is -0.343. The molecule has 0 aliphatic carbocycles. The van der Waals surface area contributed by atoms with Gasteiger partial charge in [0.1, 0.15) is 11.9 Å². The van der Waals surface area contributed by atoms with Gasteiger partial charge in [-0.1, -0.05) is 27.7 Å². The molecule has 9 heteroatoms. The molecule has 0 aliphatic heterocycles. The molecule has 1 amide bonds. The molecule has 2 N–H and O–H groups in total. The summed E-state index contributed by atoms with van der Waals surface area (Å²) in [6.07, 6.45) is 0. The van der Waals surface area contributed by atoms with Gasteiger partial charge in [0.05, 0.1) is 0 Å². The third-order valence-electron chi connectivity index (χ3n) is 3.08. The van der Waals surface area contributed by atoms with Gasteiger partial charge in [0.15, 0.2) is 0 Å². The Labute approximate surface area is 125 Å². The molecule has 0 aliphatic rings. The standard InChI is InChI=1S/C12H23N5O3S/c1-7-17(8(2)9(18)13-6)21(19,20)11-14-10(15-16-11)12(3,4)5/h8H,7H2,1-6H3,(H,13,18)(H,14,15,16). The molecule has 21 heavy (non-hydrogen) atoms. The Hall–Kier alpha value is -1.48. The first-order valence-electron chi connectivity index (χ1n) is 6.72. The van der Waals surface area contributed by atoms with E-state index in [2.05, 4.69) is 20.5 Å². The topological polar surface area (TPSA) is 108 Å². The van der Waals surface area contributed by atoms with E-state index in [4.69, 9.17) is 0 Å². The zero-order valence-electron chi connectivity index (χ0n) is 13.3. The lowest BCUT2D eigenvalue weighted by molar-refractivity contribution is -0.123. The zero-order valence-corrected chi connectivity index (χ0v) is 14.1. The van der Waals surface area contributed by atoms with Crippen LogP contribution in [0, 0.1) is 0 Å². The highest BCUT2D eigenvalue weighted by Gasteiger charge is 2.35. The van der Waals surface area contributed by atoms with Gasteiger partial charge in [-0.2, -0.15) is 4.31 Å². The van der Waals surface area contributed by atoms with Crippen LogP contribution in [0.1, 0.15) is 40.4 Å². The third-order valence-corrected chi connectivity index (χ3v) is 4.92. The van der Waals surface area contributed by atoms with Crippen LogP contribution < -0.4 is 5.32 Å². The molecule has 1 unspecified atom stereocenters. The number of H-pyrrole nitrogens is 1.